The minimum absolute atomic E-state index is 0.0587. The molecule has 0 radical (unpaired) electrons. The lowest BCUT2D eigenvalue weighted by Gasteiger charge is -2.23. The van der Waals surface area contributed by atoms with Gasteiger partial charge in [0.25, 0.3) is 5.69 Å². The maximum Gasteiger partial charge on any atom is 0.326 e. The highest BCUT2D eigenvalue weighted by Crippen LogP contribution is 2.30. The van der Waals surface area contributed by atoms with Crippen molar-refractivity contribution in [3.8, 4) is 6.07 Å². The van der Waals surface area contributed by atoms with Crippen molar-refractivity contribution in [2.45, 2.75) is 18.6 Å². The average Bonchev–Trinajstić information content (AvgIpc) is 2.80. The molecule has 1 fully saturated rings. The maximum absolute atomic E-state index is 11.1. The SMILES string of the molecule is N#Cc1ccc(N2CC(O)CC2C(=O)O)cc1[N+](=O)[O-]. The summed E-state index contributed by atoms with van der Waals surface area (Å²) in [5, 5.41) is 38.4. The van der Waals surface area contributed by atoms with Crippen LogP contribution in [0.3, 0.4) is 0 Å². The second kappa shape index (κ2) is 5.14. The lowest BCUT2D eigenvalue weighted by Crippen LogP contribution is -2.36. The number of β-amino-alcohol motifs (C(OH)–C–C–N with tert-alkyl or cyclic N) is 1. The van der Waals surface area contributed by atoms with Gasteiger partial charge < -0.3 is 15.1 Å². The summed E-state index contributed by atoms with van der Waals surface area (Å²) in [5.74, 6) is -1.10. The van der Waals surface area contributed by atoms with E-state index in [2.05, 4.69) is 0 Å². The molecule has 1 saturated heterocycles. The largest absolute Gasteiger partial charge is 0.480 e. The molecule has 0 amide bonds. The van der Waals surface area contributed by atoms with Crippen molar-refractivity contribution < 1.29 is 19.9 Å². The molecule has 1 aromatic carbocycles. The molecule has 1 aromatic rings. The monoisotopic (exact) mass is 277 g/mol. The zero-order chi connectivity index (χ0) is 14.9. The van der Waals surface area contributed by atoms with Gasteiger partial charge in [-0.15, -0.1) is 0 Å². The molecule has 0 aromatic heterocycles. The van der Waals surface area contributed by atoms with E-state index in [0.717, 1.165) is 6.07 Å². The number of rotatable bonds is 3. The van der Waals surface area contributed by atoms with Crippen LogP contribution in [0.2, 0.25) is 0 Å². The average molecular weight is 277 g/mol. The minimum Gasteiger partial charge on any atom is -0.480 e. The molecule has 1 heterocycles. The number of nitrogens with zero attached hydrogens (tertiary/aromatic N) is 3. The van der Waals surface area contributed by atoms with E-state index in [9.17, 15) is 20.0 Å². The second-order valence-corrected chi connectivity index (χ2v) is 4.47. The molecule has 2 N–H and O–H groups in total. The van der Waals surface area contributed by atoms with Gasteiger partial charge >= 0.3 is 5.97 Å². The third kappa shape index (κ3) is 2.39. The molecule has 1 aliphatic heterocycles. The summed E-state index contributed by atoms with van der Waals surface area (Å²) in [6.07, 6.45) is -0.742. The Morgan fingerprint density at radius 3 is 2.80 bits per heavy atom. The van der Waals surface area contributed by atoms with Crippen molar-refractivity contribution in [2.75, 3.05) is 11.4 Å². The van der Waals surface area contributed by atoms with E-state index in [4.69, 9.17) is 10.4 Å². The van der Waals surface area contributed by atoms with Crippen LogP contribution in [-0.4, -0.2) is 39.8 Å². The first-order chi connectivity index (χ1) is 9.43. The van der Waals surface area contributed by atoms with Gasteiger partial charge in [0.1, 0.15) is 17.7 Å². The van der Waals surface area contributed by atoms with Crippen molar-refractivity contribution in [2.24, 2.45) is 0 Å². The molecule has 8 nitrogen and oxygen atoms in total. The Labute approximate surface area is 113 Å². The lowest BCUT2D eigenvalue weighted by atomic mass is 10.1. The van der Waals surface area contributed by atoms with Crippen molar-refractivity contribution >= 4 is 17.3 Å². The predicted octanol–water partition coefficient (Wildman–Crippen LogP) is 0.491. The predicted molar refractivity (Wildman–Crippen MR) is 67.2 cm³/mol. The van der Waals surface area contributed by atoms with Crippen molar-refractivity contribution in [1.82, 2.24) is 0 Å². The Morgan fingerprint density at radius 2 is 2.25 bits per heavy atom. The minimum atomic E-state index is -1.10. The van der Waals surface area contributed by atoms with Crippen LogP contribution in [0.4, 0.5) is 11.4 Å². The molecule has 2 atom stereocenters. The number of benzene rings is 1. The number of hydrogen-bond donors (Lipinski definition) is 2. The molecular formula is C12H11N3O5. The summed E-state index contributed by atoms with van der Waals surface area (Å²) >= 11 is 0. The van der Waals surface area contributed by atoms with Gasteiger partial charge in [0.15, 0.2) is 0 Å². The third-order valence-corrected chi connectivity index (χ3v) is 3.19. The fourth-order valence-electron chi connectivity index (χ4n) is 2.28. The summed E-state index contributed by atoms with van der Waals surface area (Å²) in [5.41, 5.74) is -0.166. The van der Waals surface area contributed by atoms with E-state index in [1.54, 1.807) is 6.07 Å². The van der Waals surface area contributed by atoms with E-state index in [-0.39, 0.29) is 24.2 Å². The fraction of sp³-hybridized carbons (Fsp3) is 0.333. The highest BCUT2D eigenvalue weighted by atomic mass is 16.6. The molecule has 2 unspecified atom stereocenters. The number of nitro groups is 1. The second-order valence-electron chi connectivity index (χ2n) is 4.47. The van der Waals surface area contributed by atoms with Gasteiger partial charge in [-0.25, -0.2) is 4.79 Å². The summed E-state index contributed by atoms with van der Waals surface area (Å²) < 4.78 is 0. The van der Waals surface area contributed by atoms with Crippen LogP contribution in [0.25, 0.3) is 0 Å². The Balaban J connectivity index is 2.43. The van der Waals surface area contributed by atoms with Crippen molar-refractivity contribution in [3.63, 3.8) is 0 Å². The standard InChI is InChI=1S/C12H11N3O5/c13-5-7-1-2-8(3-10(7)15(19)20)14-6-9(16)4-11(14)12(17)18/h1-3,9,11,16H,4,6H2,(H,17,18). The Bertz CT molecular complexity index is 610. The van der Waals surface area contributed by atoms with Gasteiger partial charge in [-0.2, -0.15) is 5.26 Å². The van der Waals surface area contributed by atoms with Crippen LogP contribution in [0.1, 0.15) is 12.0 Å². The van der Waals surface area contributed by atoms with Gasteiger partial charge in [-0.1, -0.05) is 0 Å². The van der Waals surface area contributed by atoms with Crippen LogP contribution in [-0.2, 0) is 4.79 Å². The van der Waals surface area contributed by atoms with E-state index in [0.29, 0.717) is 5.69 Å². The highest BCUT2D eigenvalue weighted by Gasteiger charge is 2.36. The van der Waals surface area contributed by atoms with E-state index in [1.165, 1.54) is 17.0 Å². The molecule has 104 valence electrons. The number of anilines is 1. The normalized spacial score (nSPS) is 21.5. The molecule has 0 aliphatic carbocycles. The highest BCUT2D eigenvalue weighted by molar-refractivity contribution is 5.79. The van der Waals surface area contributed by atoms with Gasteiger partial charge in [0, 0.05) is 24.7 Å². The van der Waals surface area contributed by atoms with Crippen LogP contribution >= 0.6 is 0 Å². The fourth-order valence-corrected chi connectivity index (χ4v) is 2.28. The number of hydrogen-bond acceptors (Lipinski definition) is 6. The third-order valence-electron chi connectivity index (χ3n) is 3.19. The number of carboxylic acid groups (broad SMARTS) is 1. The van der Waals surface area contributed by atoms with Crippen LogP contribution in [0, 0.1) is 21.4 Å². The first kappa shape index (κ1) is 13.8. The lowest BCUT2D eigenvalue weighted by molar-refractivity contribution is -0.385. The van der Waals surface area contributed by atoms with Crippen LogP contribution in [0.15, 0.2) is 18.2 Å². The van der Waals surface area contributed by atoms with Gasteiger partial charge in [0.05, 0.1) is 11.0 Å². The summed E-state index contributed by atoms with van der Waals surface area (Å²) in [6, 6.07) is 4.66. The number of aliphatic carboxylic acids is 1. The van der Waals surface area contributed by atoms with Gasteiger partial charge in [0.2, 0.25) is 0 Å². The molecule has 0 bridgehead atoms. The topological polar surface area (TPSA) is 128 Å². The molecule has 8 heteroatoms. The van der Waals surface area contributed by atoms with E-state index < -0.39 is 23.0 Å². The molecule has 2 rings (SSSR count). The number of carboxylic acids is 1. The summed E-state index contributed by atoms with van der Waals surface area (Å²) in [6.45, 7) is 0.0834. The zero-order valence-electron chi connectivity index (χ0n) is 10.3. The summed E-state index contributed by atoms with van der Waals surface area (Å²) in [4.78, 5) is 22.7. The molecule has 20 heavy (non-hydrogen) atoms. The molecule has 0 saturated carbocycles. The quantitative estimate of drug-likeness (QED) is 0.607. The van der Waals surface area contributed by atoms with Gasteiger partial charge in [-0.3, -0.25) is 10.1 Å². The van der Waals surface area contributed by atoms with Crippen LogP contribution < -0.4 is 4.90 Å². The molecular weight excluding hydrogens is 266 g/mol. The summed E-state index contributed by atoms with van der Waals surface area (Å²) in [7, 11) is 0. The van der Waals surface area contributed by atoms with E-state index in [1.807, 2.05) is 0 Å². The van der Waals surface area contributed by atoms with Crippen LogP contribution in [0.5, 0.6) is 0 Å². The zero-order valence-corrected chi connectivity index (χ0v) is 10.3. The Hall–Kier alpha value is -2.66. The first-order valence-electron chi connectivity index (χ1n) is 5.80. The van der Waals surface area contributed by atoms with E-state index >= 15 is 0 Å². The smallest absolute Gasteiger partial charge is 0.326 e. The number of aliphatic hydroxyl groups excluding tert-OH is 1. The first-order valence-corrected chi connectivity index (χ1v) is 5.80. The number of nitro benzene ring substituents is 1. The Kier molecular flexibility index (Phi) is 3.54. The number of carbonyl (C=O) groups is 1. The molecule has 0 spiro atoms. The van der Waals surface area contributed by atoms with Gasteiger partial charge in [-0.05, 0) is 12.1 Å². The Morgan fingerprint density at radius 1 is 1.55 bits per heavy atom. The number of aliphatic hydroxyl groups is 1. The molecule has 1 aliphatic rings. The van der Waals surface area contributed by atoms with Crippen molar-refractivity contribution in [3.05, 3.63) is 33.9 Å². The number of nitriles is 1. The maximum atomic E-state index is 11.1. The van der Waals surface area contributed by atoms with Crippen molar-refractivity contribution in [1.29, 1.82) is 5.26 Å².